The molecular formula is C12H20F2O4. The second-order valence-electron chi connectivity index (χ2n) is 3.31. The van der Waals surface area contributed by atoms with Crippen molar-refractivity contribution in [2.24, 2.45) is 0 Å². The van der Waals surface area contributed by atoms with Gasteiger partial charge in [0.2, 0.25) is 0 Å². The molecule has 0 rings (SSSR count). The van der Waals surface area contributed by atoms with Crippen molar-refractivity contribution in [3.63, 3.8) is 0 Å². The van der Waals surface area contributed by atoms with Crippen molar-refractivity contribution in [2.75, 3.05) is 33.7 Å². The quantitative estimate of drug-likeness (QED) is 0.249. The van der Waals surface area contributed by atoms with Crippen LogP contribution in [0.25, 0.3) is 0 Å². The Labute approximate surface area is 106 Å². The Morgan fingerprint density at radius 1 is 1.33 bits per heavy atom. The lowest BCUT2D eigenvalue weighted by molar-refractivity contribution is -0.0669. The Kier molecular flexibility index (Phi) is 10.5. The van der Waals surface area contributed by atoms with Crippen LogP contribution >= 0.6 is 0 Å². The van der Waals surface area contributed by atoms with E-state index in [9.17, 15) is 8.78 Å². The van der Waals surface area contributed by atoms with Crippen molar-refractivity contribution in [3.8, 4) is 0 Å². The Balaban J connectivity index is 4.20. The highest BCUT2D eigenvalue weighted by atomic mass is 19.3. The minimum atomic E-state index is -1.90. The first kappa shape index (κ1) is 17.0. The topological polar surface area (TPSA) is 36.9 Å². The predicted octanol–water partition coefficient (Wildman–Crippen LogP) is 2.71. The number of methoxy groups -OCH3 is 1. The van der Waals surface area contributed by atoms with Crippen LogP contribution in [0, 0.1) is 0 Å². The Morgan fingerprint density at radius 3 is 2.56 bits per heavy atom. The lowest BCUT2D eigenvalue weighted by atomic mass is 10.2. The predicted molar refractivity (Wildman–Crippen MR) is 63.3 cm³/mol. The summed E-state index contributed by atoms with van der Waals surface area (Å²) in [5.74, 6) is -0.489. The van der Waals surface area contributed by atoms with Gasteiger partial charge in [-0.25, -0.2) is 0 Å². The van der Waals surface area contributed by atoms with E-state index in [4.69, 9.17) is 18.9 Å². The fourth-order valence-corrected chi connectivity index (χ4v) is 1.14. The van der Waals surface area contributed by atoms with Crippen LogP contribution in [0.4, 0.5) is 8.78 Å². The van der Waals surface area contributed by atoms with Gasteiger partial charge in [0, 0.05) is 7.11 Å². The molecule has 1 atom stereocenters. The van der Waals surface area contributed by atoms with E-state index in [0.29, 0.717) is 13.0 Å². The average Bonchev–Trinajstić information content (AvgIpc) is 2.36. The lowest BCUT2D eigenvalue weighted by Crippen LogP contribution is -2.19. The molecule has 0 aromatic heterocycles. The van der Waals surface area contributed by atoms with Crippen LogP contribution in [0.5, 0.6) is 0 Å². The van der Waals surface area contributed by atoms with Crippen LogP contribution in [0.15, 0.2) is 24.5 Å². The van der Waals surface area contributed by atoms with Crippen LogP contribution in [0.1, 0.15) is 13.3 Å². The first-order valence-electron chi connectivity index (χ1n) is 5.64. The molecule has 0 saturated heterocycles. The minimum absolute atomic E-state index is 0.184. The molecule has 0 saturated carbocycles. The van der Waals surface area contributed by atoms with Gasteiger partial charge in [0.25, 0.3) is 0 Å². The van der Waals surface area contributed by atoms with Crippen molar-refractivity contribution in [3.05, 3.63) is 24.5 Å². The van der Waals surface area contributed by atoms with Crippen LogP contribution < -0.4 is 0 Å². The van der Waals surface area contributed by atoms with Gasteiger partial charge in [0.1, 0.15) is 6.10 Å². The minimum Gasteiger partial charge on any atom is -0.463 e. The van der Waals surface area contributed by atoms with Gasteiger partial charge in [-0.2, -0.15) is 8.78 Å². The van der Waals surface area contributed by atoms with Gasteiger partial charge < -0.3 is 18.9 Å². The summed E-state index contributed by atoms with van der Waals surface area (Å²) < 4.78 is 45.2. The van der Waals surface area contributed by atoms with E-state index in [0.717, 1.165) is 0 Å². The molecule has 4 nitrogen and oxygen atoms in total. The summed E-state index contributed by atoms with van der Waals surface area (Å²) >= 11 is 0. The molecule has 0 aromatic carbocycles. The third kappa shape index (κ3) is 7.37. The average molecular weight is 266 g/mol. The maximum absolute atomic E-state index is 12.7. The van der Waals surface area contributed by atoms with E-state index in [2.05, 4.69) is 6.58 Å². The summed E-state index contributed by atoms with van der Waals surface area (Å²) in [5, 5.41) is 0. The van der Waals surface area contributed by atoms with E-state index in [-0.39, 0.29) is 20.0 Å². The second kappa shape index (κ2) is 11.1. The molecule has 0 aromatic rings. The second-order valence-corrected chi connectivity index (χ2v) is 3.31. The molecule has 1 unspecified atom stereocenters. The van der Waals surface area contributed by atoms with Crippen LogP contribution in [-0.4, -0.2) is 39.8 Å². The highest BCUT2D eigenvalue weighted by molar-refractivity contribution is 5.00. The molecule has 6 heteroatoms. The molecule has 0 radical (unpaired) electrons. The molecular weight excluding hydrogens is 246 g/mol. The molecule has 106 valence electrons. The van der Waals surface area contributed by atoms with Crippen molar-refractivity contribution in [2.45, 2.75) is 19.4 Å². The Bertz CT molecular complexity index is 252. The fraction of sp³-hybridized carbons (Fsp3) is 0.667. The maximum atomic E-state index is 12.7. The maximum Gasteiger partial charge on any atom is 0.310 e. The smallest absolute Gasteiger partial charge is 0.310 e. The van der Waals surface area contributed by atoms with Gasteiger partial charge in [-0.1, -0.05) is 13.0 Å². The number of hydrogen-bond donors (Lipinski definition) is 0. The largest absolute Gasteiger partial charge is 0.463 e. The number of hydrogen-bond acceptors (Lipinski definition) is 4. The van der Waals surface area contributed by atoms with Gasteiger partial charge in [-0.3, -0.25) is 0 Å². The molecule has 0 spiro atoms. The molecule has 18 heavy (non-hydrogen) atoms. The first-order chi connectivity index (χ1) is 8.67. The first-order valence-corrected chi connectivity index (χ1v) is 5.64. The lowest BCUT2D eigenvalue weighted by Gasteiger charge is -2.18. The molecule has 0 aliphatic rings. The zero-order valence-corrected chi connectivity index (χ0v) is 10.8. The Hall–Kier alpha value is -0.980. The zero-order chi connectivity index (χ0) is 13.8. The third-order valence-corrected chi connectivity index (χ3v) is 1.99. The van der Waals surface area contributed by atoms with Gasteiger partial charge in [-0.05, 0) is 6.42 Å². The zero-order valence-electron chi connectivity index (χ0n) is 10.8. The van der Waals surface area contributed by atoms with Crippen LogP contribution in [0.2, 0.25) is 0 Å². The van der Waals surface area contributed by atoms with Gasteiger partial charge >= 0.3 is 6.08 Å². The normalized spacial score (nSPS) is 12.0. The van der Waals surface area contributed by atoms with E-state index in [1.54, 1.807) is 6.92 Å². The van der Waals surface area contributed by atoms with Crippen molar-refractivity contribution in [1.82, 2.24) is 0 Å². The molecule has 0 amide bonds. The van der Waals surface area contributed by atoms with Gasteiger partial charge in [-0.15, -0.1) is 6.58 Å². The molecule has 0 N–H and O–H groups in total. The Morgan fingerprint density at radius 2 is 2.06 bits per heavy atom. The van der Waals surface area contributed by atoms with Gasteiger partial charge in [0.15, 0.2) is 12.6 Å². The van der Waals surface area contributed by atoms with Crippen LogP contribution in [-0.2, 0) is 18.9 Å². The molecule has 0 aliphatic heterocycles. The van der Waals surface area contributed by atoms with Gasteiger partial charge in [0.05, 0.1) is 19.8 Å². The van der Waals surface area contributed by atoms with E-state index in [1.165, 1.54) is 13.2 Å². The van der Waals surface area contributed by atoms with E-state index in [1.807, 2.05) is 0 Å². The SMILES string of the molecule is C=CCOC(CC)C(OCOCCOC)=C(F)F. The molecule has 0 heterocycles. The summed E-state index contributed by atoms with van der Waals surface area (Å²) in [7, 11) is 1.52. The van der Waals surface area contributed by atoms with Crippen molar-refractivity contribution in [1.29, 1.82) is 0 Å². The highest BCUT2D eigenvalue weighted by Gasteiger charge is 2.20. The molecule has 0 bridgehead atoms. The van der Waals surface area contributed by atoms with E-state index < -0.39 is 17.9 Å². The third-order valence-electron chi connectivity index (χ3n) is 1.99. The van der Waals surface area contributed by atoms with Crippen molar-refractivity contribution >= 4 is 0 Å². The summed E-state index contributed by atoms with van der Waals surface area (Å²) in [6.07, 6.45) is -0.829. The fourth-order valence-electron chi connectivity index (χ4n) is 1.14. The summed E-state index contributed by atoms with van der Waals surface area (Å²) in [4.78, 5) is 0. The molecule has 0 aliphatic carbocycles. The monoisotopic (exact) mass is 266 g/mol. The van der Waals surface area contributed by atoms with E-state index >= 15 is 0 Å². The summed E-state index contributed by atoms with van der Waals surface area (Å²) in [5.41, 5.74) is 0. The summed E-state index contributed by atoms with van der Waals surface area (Å²) in [6.45, 7) is 5.77. The number of ether oxygens (including phenoxy) is 4. The number of halogens is 2. The van der Waals surface area contributed by atoms with Crippen molar-refractivity contribution < 1.29 is 27.7 Å². The highest BCUT2D eigenvalue weighted by Crippen LogP contribution is 2.19. The molecule has 0 fully saturated rings. The summed E-state index contributed by atoms with van der Waals surface area (Å²) in [6, 6.07) is 0. The standard InChI is InChI=1S/C12H20F2O4/c1-4-6-17-10(5-2)11(12(13)14)18-9-16-8-7-15-3/h4,10H,1,5-9H2,2-3H3. The number of rotatable bonds is 11. The van der Waals surface area contributed by atoms with Crippen LogP contribution in [0.3, 0.4) is 0 Å².